The first-order chi connectivity index (χ1) is 9.98. The molecule has 1 unspecified atom stereocenters. The fraction of sp³-hybridized carbons (Fsp3) is 0.600. The summed E-state index contributed by atoms with van der Waals surface area (Å²) in [5.74, 6) is 0. The zero-order valence-corrected chi connectivity index (χ0v) is 12.7. The molecule has 1 aromatic carbocycles. The number of nitrogens with zero attached hydrogens (tertiary/aromatic N) is 1. The van der Waals surface area contributed by atoms with Gasteiger partial charge in [-0.3, -0.25) is 4.90 Å². The standard InChI is InChI=1S/C15H21F3N2S/c16-15(17,18)21-14-6-4-12(5-7-14)11-20-10-2-1-3-13(20)8-9-19/h4-7,13H,1-3,8-11,19H2. The quantitative estimate of drug-likeness (QED) is 0.832. The largest absolute Gasteiger partial charge is 0.446 e. The highest BCUT2D eigenvalue weighted by Crippen LogP contribution is 2.36. The van der Waals surface area contributed by atoms with E-state index in [9.17, 15) is 13.2 Å². The van der Waals surface area contributed by atoms with Crippen LogP contribution in [0, 0.1) is 0 Å². The first kappa shape index (κ1) is 16.6. The van der Waals surface area contributed by atoms with Crippen LogP contribution in [0.25, 0.3) is 0 Å². The zero-order valence-electron chi connectivity index (χ0n) is 11.9. The maximum Gasteiger partial charge on any atom is 0.446 e. The van der Waals surface area contributed by atoms with Gasteiger partial charge in [0.1, 0.15) is 0 Å². The molecule has 0 aromatic heterocycles. The van der Waals surface area contributed by atoms with Crippen LogP contribution < -0.4 is 5.73 Å². The van der Waals surface area contributed by atoms with Crippen molar-refractivity contribution in [2.75, 3.05) is 13.1 Å². The highest BCUT2D eigenvalue weighted by molar-refractivity contribution is 8.00. The monoisotopic (exact) mass is 318 g/mol. The predicted octanol–water partition coefficient (Wildman–Crippen LogP) is 4.00. The summed E-state index contributed by atoms with van der Waals surface area (Å²) in [5.41, 5.74) is 2.50. The molecular formula is C15H21F3N2S. The van der Waals surface area contributed by atoms with Gasteiger partial charge in [-0.25, -0.2) is 0 Å². The van der Waals surface area contributed by atoms with Gasteiger partial charge >= 0.3 is 5.51 Å². The third-order valence-corrected chi connectivity index (χ3v) is 4.53. The Morgan fingerprint density at radius 3 is 2.52 bits per heavy atom. The van der Waals surface area contributed by atoms with Gasteiger partial charge in [-0.05, 0) is 61.8 Å². The van der Waals surface area contributed by atoms with Gasteiger partial charge in [0.05, 0.1) is 0 Å². The molecule has 2 rings (SSSR count). The molecular weight excluding hydrogens is 297 g/mol. The average Bonchev–Trinajstić information content (AvgIpc) is 2.42. The first-order valence-corrected chi connectivity index (χ1v) is 8.08. The molecule has 0 amide bonds. The lowest BCUT2D eigenvalue weighted by Gasteiger charge is -2.35. The molecule has 1 aromatic rings. The molecule has 0 spiro atoms. The van der Waals surface area contributed by atoms with Crippen molar-refractivity contribution in [3.8, 4) is 0 Å². The molecule has 1 heterocycles. The average molecular weight is 318 g/mol. The van der Waals surface area contributed by atoms with Crippen LogP contribution in [0.4, 0.5) is 13.2 Å². The molecule has 2 nitrogen and oxygen atoms in total. The van der Waals surface area contributed by atoms with Crippen LogP contribution in [-0.2, 0) is 6.54 Å². The van der Waals surface area contributed by atoms with Gasteiger partial charge in [0, 0.05) is 17.5 Å². The normalized spacial score (nSPS) is 20.7. The maximum atomic E-state index is 12.3. The van der Waals surface area contributed by atoms with E-state index in [4.69, 9.17) is 5.73 Å². The minimum Gasteiger partial charge on any atom is -0.330 e. The molecule has 0 radical (unpaired) electrons. The van der Waals surface area contributed by atoms with Crippen LogP contribution in [0.5, 0.6) is 0 Å². The lowest BCUT2D eigenvalue weighted by atomic mass is 9.98. The first-order valence-electron chi connectivity index (χ1n) is 7.27. The second-order valence-electron chi connectivity index (χ2n) is 5.39. The van der Waals surface area contributed by atoms with E-state index in [1.54, 1.807) is 24.3 Å². The number of benzene rings is 1. The Morgan fingerprint density at radius 1 is 1.19 bits per heavy atom. The minimum atomic E-state index is -4.22. The van der Waals surface area contributed by atoms with Crippen molar-refractivity contribution in [3.05, 3.63) is 29.8 Å². The maximum absolute atomic E-state index is 12.3. The Hall–Kier alpha value is -0.720. The van der Waals surface area contributed by atoms with E-state index in [0.717, 1.165) is 25.1 Å². The summed E-state index contributed by atoms with van der Waals surface area (Å²) in [7, 11) is 0. The van der Waals surface area contributed by atoms with Crippen molar-refractivity contribution in [3.63, 3.8) is 0 Å². The number of likely N-dealkylation sites (tertiary alicyclic amines) is 1. The number of piperidine rings is 1. The van der Waals surface area contributed by atoms with E-state index in [0.29, 0.717) is 12.6 Å². The fourth-order valence-electron chi connectivity index (χ4n) is 2.82. The Bertz CT molecular complexity index is 432. The number of hydrogen-bond donors (Lipinski definition) is 1. The van der Waals surface area contributed by atoms with Crippen LogP contribution in [0.2, 0.25) is 0 Å². The number of thioether (sulfide) groups is 1. The van der Waals surface area contributed by atoms with Gasteiger partial charge in [0.15, 0.2) is 0 Å². The molecule has 21 heavy (non-hydrogen) atoms. The van der Waals surface area contributed by atoms with Crippen LogP contribution in [0.1, 0.15) is 31.2 Å². The summed E-state index contributed by atoms with van der Waals surface area (Å²) in [4.78, 5) is 2.64. The lowest BCUT2D eigenvalue weighted by Crippen LogP contribution is -2.40. The van der Waals surface area contributed by atoms with Crippen molar-refractivity contribution in [2.45, 2.75) is 48.7 Å². The Labute approximate surface area is 127 Å². The van der Waals surface area contributed by atoms with Crippen LogP contribution >= 0.6 is 11.8 Å². The minimum absolute atomic E-state index is 0.0659. The van der Waals surface area contributed by atoms with Crippen molar-refractivity contribution in [2.24, 2.45) is 5.73 Å². The highest BCUT2D eigenvalue weighted by atomic mass is 32.2. The molecule has 1 atom stereocenters. The summed E-state index contributed by atoms with van der Waals surface area (Å²) < 4.78 is 36.9. The van der Waals surface area contributed by atoms with Gasteiger partial charge in [-0.1, -0.05) is 18.6 Å². The van der Waals surface area contributed by atoms with E-state index in [-0.39, 0.29) is 16.7 Å². The van der Waals surface area contributed by atoms with Crippen molar-refractivity contribution in [1.29, 1.82) is 0 Å². The van der Waals surface area contributed by atoms with E-state index < -0.39 is 5.51 Å². The second-order valence-corrected chi connectivity index (χ2v) is 6.53. The third-order valence-electron chi connectivity index (χ3n) is 3.79. The smallest absolute Gasteiger partial charge is 0.330 e. The molecule has 1 saturated heterocycles. The van der Waals surface area contributed by atoms with Crippen LogP contribution in [0.15, 0.2) is 29.2 Å². The van der Waals surface area contributed by atoms with Crippen molar-refractivity contribution < 1.29 is 13.2 Å². The fourth-order valence-corrected chi connectivity index (χ4v) is 3.36. The van der Waals surface area contributed by atoms with Gasteiger partial charge in [0.25, 0.3) is 0 Å². The molecule has 6 heteroatoms. The number of nitrogens with two attached hydrogens (primary N) is 1. The summed E-state index contributed by atoms with van der Waals surface area (Å²) in [6.45, 7) is 2.52. The van der Waals surface area contributed by atoms with E-state index in [1.807, 2.05) is 0 Å². The molecule has 2 N–H and O–H groups in total. The molecule has 1 aliphatic rings. The van der Waals surface area contributed by atoms with Crippen molar-refractivity contribution in [1.82, 2.24) is 4.90 Å². The topological polar surface area (TPSA) is 29.3 Å². The molecule has 118 valence electrons. The number of hydrogen-bond acceptors (Lipinski definition) is 3. The summed E-state index contributed by atoms with van der Waals surface area (Å²) in [6.07, 6.45) is 4.58. The van der Waals surface area contributed by atoms with E-state index in [1.165, 1.54) is 19.3 Å². The highest BCUT2D eigenvalue weighted by Gasteiger charge is 2.29. The van der Waals surface area contributed by atoms with Gasteiger partial charge in [-0.15, -0.1) is 0 Å². The predicted molar refractivity (Wildman–Crippen MR) is 80.1 cm³/mol. The SMILES string of the molecule is NCCC1CCCCN1Cc1ccc(SC(F)(F)F)cc1. The third kappa shape index (κ3) is 5.52. The molecule has 0 saturated carbocycles. The van der Waals surface area contributed by atoms with E-state index in [2.05, 4.69) is 4.90 Å². The lowest BCUT2D eigenvalue weighted by molar-refractivity contribution is -0.0328. The number of rotatable bonds is 5. The molecule has 1 fully saturated rings. The van der Waals surface area contributed by atoms with Gasteiger partial charge in [0.2, 0.25) is 0 Å². The van der Waals surface area contributed by atoms with Gasteiger partial charge < -0.3 is 5.73 Å². The Balaban J connectivity index is 1.95. The number of alkyl halides is 3. The van der Waals surface area contributed by atoms with Crippen LogP contribution in [-0.4, -0.2) is 29.5 Å². The van der Waals surface area contributed by atoms with Crippen LogP contribution in [0.3, 0.4) is 0 Å². The second kappa shape index (κ2) is 7.51. The Morgan fingerprint density at radius 2 is 1.90 bits per heavy atom. The molecule has 0 aliphatic carbocycles. The van der Waals surface area contributed by atoms with E-state index >= 15 is 0 Å². The van der Waals surface area contributed by atoms with Gasteiger partial charge in [-0.2, -0.15) is 13.2 Å². The van der Waals surface area contributed by atoms with Crippen molar-refractivity contribution >= 4 is 11.8 Å². The number of halogens is 3. The molecule has 1 aliphatic heterocycles. The summed E-state index contributed by atoms with van der Waals surface area (Å²) >= 11 is -0.0659. The Kier molecular flexibility index (Phi) is 5.96. The summed E-state index contributed by atoms with van der Waals surface area (Å²) in [5, 5.41) is 0. The zero-order chi connectivity index (χ0) is 15.3. The molecule has 0 bridgehead atoms. The summed E-state index contributed by atoms with van der Waals surface area (Å²) in [6, 6.07) is 7.20.